The molecule has 0 spiro atoms. The average Bonchev–Trinajstić information content (AvgIpc) is 2.20. The van der Waals surface area contributed by atoms with Crippen molar-refractivity contribution in [1.29, 1.82) is 0 Å². The number of nitrogens with two attached hydrogens (primary N) is 1. The van der Waals surface area contributed by atoms with Crippen LogP contribution < -0.4 is 5.73 Å². The van der Waals surface area contributed by atoms with Gasteiger partial charge in [-0.15, -0.1) is 11.6 Å². The molecule has 0 saturated carbocycles. The second kappa shape index (κ2) is 5.56. The molecular formula is C12H14ClNO. The monoisotopic (exact) mass is 223 g/mol. The number of carbonyl (C=O) groups is 1. The van der Waals surface area contributed by atoms with Crippen molar-refractivity contribution < 1.29 is 4.79 Å². The second-order valence-electron chi connectivity index (χ2n) is 3.28. The summed E-state index contributed by atoms with van der Waals surface area (Å²) in [5.74, 6) is 0.588. The molecule has 0 heterocycles. The van der Waals surface area contributed by atoms with Gasteiger partial charge in [-0.05, 0) is 31.0 Å². The van der Waals surface area contributed by atoms with E-state index in [0.29, 0.717) is 17.1 Å². The van der Waals surface area contributed by atoms with E-state index in [1.165, 1.54) is 6.92 Å². The fourth-order valence-electron chi connectivity index (χ4n) is 1.26. The highest BCUT2D eigenvalue weighted by molar-refractivity contribution is 6.17. The number of allylic oxidation sites excluding steroid dienone is 1. The summed E-state index contributed by atoms with van der Waals surface area (Å²) in [5, 5.41) is 0. The number of anilines is 1. The molecule has 1 aromatic rings. The Labute approximate surface area is 94.7 Å². The number of halogens is 1. The molecule has 1 rings (SSSR count). The Morgan fingerprint density at radius 1 is 1.53 bits per heavy atom. The molecule has 1 aromatic carbocycles. The molecule has 0 aliphatic heterocycles. The Balaban J connectivity index is 2.92. The Morgan fingerprint density at radius 2 is 2.27 bits per heavy atom. The molecular weight excluding hydrogens is 210 g/mol. The first-order valence-corrected chi connectivity index (χ1v) is 5.31. The molecule has 0 radical (unpaired) electrons. The lowest BCUT2D eigenvalue weighted by Crippen LogP contribution is -1.99. The summed E-state index contributed by atoms with van der Waals surface area (Å²) in [6.45, 7) is 1.51. The number of nitrogen functional groups attached to an aromatic ring is 1. The summed E-state index contributed by atoms with van der Waals surface area (Å²) in [6.07, 6.45) is 4.73. The molecule has 0 aliphatic rings. The molecule has 0 aliphatic carbocycles. The van der Waals surface area contributed by atoms with Crippen molar-refractivity contribution in [3.05, 3.63) is 35.4 Å². The maximum absolute atomic E-state index is 11.2. The van der Waals surface area contributed by atoms with Crippen LogP contribution in [0.5, 0.6) is 0 Å². The minimum Gasteiger partial charge on any atom is -0.398 e. The van der Waals surface area contributed by atoms with Crippen LogP contribution in [-0.2, 0) is 0 Å². The van der Waals surface area contributed by atoms with Crippen LogP contribution in [0, 0.1) is 0 Å². The molecule has 0 atom stereocenters. The molecule has 2 N–H and O–H groups in total. The van der Waals surface area contributed by atoms with Gasteiger partial charge in [0.2, 0.25) is 0 Å². The lowest BCUT2D eigenvalue weighted by atomic mass is 10.1. The third-order valence-corrected chi connectivity index (χ3v) is 2.26. The van der Waals surface area contributed by atoms with Gasteiger partial charge in [0.25, 0.3) is 0 Å². The van der Waals surface area contributed by atoms with Gasteiger partial charge in [0.05, 0.1) is 0 Å². The zero-order valence-corrected chi connectivity index (χ0v) is 9.42. The molecule has 0 unspecified atom stereocenters. The first-order valence-electron chi connectivity index (χ1n) is 4.78. The second-order valence-corrected chi connectivity index (χ2v) is 3.66. The molecule has 0 bridgehead atoms. The highest BCUT2D eigenvalue weighted by atomic mass is 35.5. The Kier molecular flexibility index (Phi) is 4.37. The number of benzene rings is 1. The topological polar surface area (TPSA) is 43.1 Å². The van der Waals surface area contributed by atoms with Crippen LogP contribution in [0.1, 0.15) is 29.3 Å². The number of carbonyl (C=O) groups excluding carboxylic acids is 1. The molecule has 0 saturated heterocycles. The van der Waals surface area contributed by atoms with E-state index in [1.807, 2.05) is 18.2 Å². The molecule has 0 fully saturated rings. The summed E-state index contributed by atoms with van der Waals surface area (Å²) in [7, 11) is 0. The van der Waals surface area contributed by atoms with Gasteiger partial charge in [-0.1, -0.05) is 18.2 Å². The first-order chi connectivity index (χ1) is 7.15. The average molecular weight is 224 g/mol. The standard InChI is InChI=1S/C12H14ClNO/c1-9(15)11-8-10(4-2-3-7-13)5-6-12(11)14/h2,4-6,8H,3,7,14H2,1H3. The Bertz CT molecular complexity index is 385. The van der Waals surface area contributed by atoms with Crippen molar-refractivity contribution in [2.75, 3.05) is 11.6 Å². The number of hydrogen-bond donors (Lipinski definition) is 1. The van der Waals surface area contributed by atoms with Crippen LogP contribution in [0.2, 0.25) is 0 Å². The van der Waals surface area contributed by atoms with Crippen LogP contribution in [0.15, 0.2) is 24.3 Å². The Hall–Kier alpha value is -1.28. The van der Waals surface area contributed by atoms with Gasteiger partial charge in [-0.3, -0.25) is 4.79 Å². The number of rotatable bonds is 4. The summed E-state index contributed by atoms with van der Waals surface area (Å²) < 4.78 is 0. The smallest absolute Gasteiger partial charge is 0.161 e. The van der Waals surface area contributed by atoms with E-state index in [9.17, 15) is 4.79 Å². The van der Waals surface area contributed by atoms with E-state index < -0.39 is 0 Å². The lowest BCUT2D eigenvalue weighted by Gasteiger charge is -2.02. The van der Waals surface area contributed by atoms with E-state index in [1.54, 1.807) is 12.1 Å². The molecule has 3 heteroatoms. The highest BCUT2D eigenvalue weighted by Crippen LogP contribution is 2.16. The van der Waals surface area contributed by atoms with Crippen molar-refractivity contribution in [2.45, 2.75) is 13.3 Å². The Morgan fingerprint density at radius 3 is 2.87 bits per heavy atom. The summed E-state index contributed by atoms with van der Waals surface area (Å²) in [5.41, 5.74) is 7.75. The van der Waals surface area contributed by atoms with Crippen molar-refractivity contribution in [3.8, 4) is 0 Å². The minimum atomic E-state index is -0.0138. The van der Waals surface area contributed by atoms with E-state index in [-0.39, 0.29) is 5.78 Å². The fourth-order valence-corrected chi connectivity index (χ4v) is 1.39. The third-order valence-electron chi connectivity index (χ3n) is 2.04. The van der Waals surface area contributed by atoms with Crippen LogP contribution in [0.25, 0.3) is 6.08 Å². The molecule has 80 valence electrons. The predicted molar refractivity (Wildman–Crippen MR) is 65.2 cm³/mol. The normalized spacial score (nSPS) is 10.8. The minimum absolute atomic E-state index is 0.0138. The van der Waals surface area contributed by atoms with Crippen molar-refractivity contribution >= 4 is 29.1 Å². The van der Waals surface area contributed by atoms with Crippen LogP contribution in [0.3, 0.4) is 0 Å². The van der Waals surface area contributed by atoms with Crippen LogP contribution in [-0.4, -0.2) is 11.7 Å². The lowest BCUT2D eigenvalue weighted by molar-refractivity contribution is 0.101. The molecule has 15 heavy (non-hydrogen) atoms. The highest BCUT2D eigenvalue weighted by Gasteiger charge is 2.03. The maximum Gasteiger partial charge on any atom is 0.161 e. The number of hydrogen-bond acceptors (Lipinski definition) is 2. The van der Waals surface area contributed by atoms with E-state index >= 15 is 0 Å². The summed E-state index contributed by atoms with van der Waals surface area (Å²) >= 11 is 5.55. The number of ketones is 1. The van der Waals surface area contributed by atoms with Gasteiger partial charge in [0.1, 0.15) is 0 Å². The number of Topliss-reactive ketones (excluding diaryl/α,β-unsaturated/α-hetero) is 1. The van der Waals surface area contributed by atoms with Crippen molar-refractivity contribution in [3.63, 3.8) is 0 Å². The molecule has 0 amide bonds. The van der Waals surface area contributed by atoms with Gasteiger partial charge in [0, 0.05) is 17.1 Å². The van der Waals surface area contributed by atoms with E-state index in [4.69, 9.17) is 17.3 Å². The fraction of sp³-hybridized carbons (Fsp3) is 0.250. The van der Waals surface area contributed by atoms with Gasteiger partial charge in [-0.2, -0.15) is 0 Å². The summed E-state index contributed by atoms with van der Waals surface area (Å²) in [4.78, 5) is 11.2. The van der Waals surface area contributed by atoms with E-state index in [0.717, 1.165) is 12.0 Å². The van der Waals surface area contributed by atoms with Gasteiger partial charge < -0.3 is 5.73 Å². The first kappa shape index (κ1) is 11.8. The van der Waals surface area contributed by atoms with Crippen molar-refractivity contribution in [2.24, 2.45) is 0 Å². The van der Waals surface area contributed by atoms with Gasteiger partial charge >= 0.3 is 0 Å². The quantitative estimate of drug-likeness (QED) is 0.484. The molecule has 2 nitrogen and oxygen atoms in total. The van der Waals surface area contributed by atoms with Crippen molar-refractivity contribution in [1.82, 2.24) is 0 Å². The van der Waals surface area contributed by atoms with Crippen LogP contribution in [0.4, 0.5) is 5.69 Å². The molecule has 0 aromatic heterocycles. The SMILES string of the molecule is CC(=O)c1cc(C=CCCCl)ccc1N. The summed E-state index contributed by atoms with van der Waals surface area (Å²) in [6, 6.07) is 5.42. The predicted octanol–water partition coefficient (Wildman–Crippen LogP) is 3.11. The zero-order chi connectivity index (χ0) is 11.3. The zero-order valence-electron chi connectivity index (χ0n) is 8.66. The largest absolute Gasteiger partial charge is 0.398 e. The van der Waals surface area contributed by atoms with Gasteiger partial charge in [0.15, 0.2) is 5.78 Å². The van der Waals surface area contributed by atoms with E-state index in [2.05, 4.69) is 0 Å². The van der Waals surface area contributed by atoms with Gasteiger partial charge in [-0.25, -0.2) is 0 Å². The van der Waals surface area contributed by atoms with Crippen LogP contribution >= 0.6 is 11.6 Å². The maximum atomic E-state index is 11.2. The number of alkyl halides is 1. The third kappa shape index (κ3) is 3.40.